The standard InChI is InChI=1S/C22H23ClFN3O4/c1-2-31-19-6-4-3-5-17(19)21(29)25-14-20(28)26-9-11-27(12-10-26)22(30)16-8-7-15(24)13-18(16)23/h3-8,13H,2,9-12,14H2,1H3,(H,25,29). The molecule has 0 aromatic heterocycles. The van der Waals surface area contributed by atoms with Crippen molar-refractivity contribution in [3.05, 3.63) is 64.4 Å². The minimum absolute atomic E-state index is 0.0542. The van der Waals surface area contributed by atoms with E-state index in [2.05, 4.69) is 5.32 Å². The highest BCUT2D eigenvalue weighted by atomic mass is 35.5. The van der Waals surface area contributed by atoms with Gasteiger partial charge in [-0.3, -0.25) is 14.4 Å². The molecule has 1 heterocycles. The Balaban J connectivity index is 1.51. The van der Waals surface area contributed by atoms with Crippen molar-refractivity contribution < 1.29 is 23.5 Å². The van der Waals surface area contributed by atoms with Gasteiger partial charge in [0, 0.05) is 26.2 Å². The van der Waals surface area contributed by atoms with E-state index in [-0.39, 0.29) is 28.9 Å². The van der Waals surface area contributed by atoms with E-state index in [9.17, 15) is 18.8 Å². The topological polar surface area (TPSA) is 79.0 Å². The smallest absolute Gasteiger partial charge is 0.255 e. The van der Waals surface area contributed by atoms with Crippen molar-refractivity contribution >= 4 is 29.3 Å². The van der Waals surface area contributed by atoms with Gasteiger partial charge in [0.25, 0.3) is 11.8 Å². The summed E-state index contributed by atoms with van der Waals surface area (Å²) in [5.74, 6) is -0.992. The number of ether oxygens (including phenoxy) is 1. The van der Waals surface area contributed by atoms with E-state index in [1.807, 2.05) is 6.92 Å². The van der Waals surface area contributed by atoms with E-state index >= 15 is 0 Å². The summed E-state index contributed by atoms with van der Waals surface area (Å²) >= 11 is 5.97. The molecular formula is C22H23ClFN3O4. The predicted octanol–water partition coefficient (Wildman–Crippen LogP) is 2.59. The Morgan fingerprint density at radius 3 is 2.39 bits per heavy atom. The molecule has 7 nitrogen and oxygen atoms in total. The molecule has 3 amide bonds. The Bertz CT molecular complexity index is 977. The first kappa shape index (κ1) is 22.6. The van der Waals surface area contributed by atoms with Crippen LogP contribution in [-0.4, -0.2) is 66.9 Å². The summed E-state index contributed by atoms with van der Waals surface area (Å²) in [4.78, 5) is 40.7. The average molecular weight is 448 g/mol. The molecule has 1 saturated heterocycles. The van der Waals surface area contributed by atoms with E-state index in [1.165, 1.54) is 12.1 Å². The molecule has 31 heavy (non-hydrogen) atoms. The van der Waals surface area contributed by atoms with Crippen LogP contribution in [0, 0.1) is 5.82 Å². The summed E-state index contributed by atoms with van der Waals surface area (Å²) in [6.45, 7) is 3.39. The van der Waals surface area contributed by atoms with E-state index in [0.29, 0.717) is 44.1 Å². The summed E-state index contributed by atoms with van der Waals surface area (Å²) < 4.78 is 18.6. The van der Waals surface area contributed by atoms with Crippen molar-refractivity contribution in [2.75, 3.05) is 39.3 Å². The van der Waals surface area contributed by atoms with Crippen molar-refractivity contribution in [3.8, 4) is 5.75 Å². The van der Waals surface area contributed by atoms with E-state index in [0.717, 1.165) is 6.07 Å². The van der Waals surface area contributed by atoms with E-state index in [4.69, 9.17) is 16.3 Å². The number of nitrogens with zero attached hydrogens (tertiary/aromatic N) is 2. The molecule has 0 spiro atoms. The highest BCUT2D eigenvalue weighted by Gasteiger charge is 2.26. The normalized spacial score (nSPS) is 13.6. The molecule has 1 aliphatic rings. The van der Waals surface area contributed by atoms with Crippen LogP contribution in [0.25, 0.3) is 0 Å². The molecule has 0 bridgehead atoms. The third-order valence-corrected chi connectivity index (χ3v) is 5.23. The van der Waals surface area contributed by atoms with Crippen molar-refractivity contribution in [2.45, 2.75) is 6.92 Å². The SMILES string of the molecule is CCOc1ccccc1C(=O)NCC(=O)N1CCN(C(=O)c2ccc(F)cc2Cl)CC1. The minimum atomic E-state index is -0.511. The molecular weight excluding hydrogens is 425 g/mol. The summed E-state index contributed by atoms with van der Waals surface area (Å²) in [5.41, 5.74) is 0.590. The van der Waals surface area contributed by atoms with Crippen LogP contribution in [0.3, 0.4) is 0 Å². The maximum absolute atomic E-state index is 13.2. The van der Waals surface area contributed by atoms with E-state index in [1.54, 1.807) is 34.1 Å². The molecule has 0 unspecified atom stereocenters. The number of rotatable bonds is 6. The van der Waals surface area contributed by atoms with Gasteiger partial charge in [-0.1, -0.05) is 23.7 Å². The minimum Gasteiger partial charge on any atom is -0.493 e. The Kier molecular flexibility index (Phi) is 7.46. The number of amides is 3. The largest absolute Gasteiger partial charge is 0.493 e. The lowest BCUT2D eigenvalue weighted by Gasteiger charge is -2.35. The highest BCUT2D eigenvalue weighted by molar-refractivity contribution is 6.33. The third-order valence-electron chi connectivity index (χ3n) is 4.91. The first-order chi connectivity index (χ1) is 14.9. The zero-order valence-electron chi connectivity index (χ0n) is 17.1. The molecule has 9 heteroatoms. The second-order valence-electron chi connectivity index (χ2n) is 6.91. The van der Waals surface area contributed by atoms with Crippen LogP contribution in [0.15, 0.2) is 42.5 Å². The van der Waals surface area contributed by atoms with Crippen LogP contribution in [0.1, 0.15) is 27.6 Å². The molecule has 1 N–H and O–H groups in total. The molecule has 164 valence electrons. The quantitative estimate of drug-likeness (QED) is 0.738. The molecule has 1 fully saturated rings. The molecule has 3 rings (SSSR count). The lowest BCUT2D eigenvalue weighted by Crippen LogP contribution is -2.52. The van der Waals surface area contributed by atoms with Crippen LogP contribution >= 0.6 is 11.6 Å². The number of benzene rings is 2. The molecule has 2 aromatic carbocycles. The number of nitrogens with one attached hydrogen (secondary N) is 1. The zero-order chi connectivity index (χ0) is 22.4. The Labute approximate surface area is 184 Å². The van der Waals surface area contributed by atoms with Gasteiger partial charge in [-0.2, -0.15) is 0 Å². The van der Waals surface area contributed by atoms with Crippen LogP contribution in [0.4, 0.5) is 4.39 Å². The number of carbonyl (C=O) groups is 3. The second kappa shape index (κ2) is 10.3. The van der Waals surface area contributed by atoms with Crippen molar-refractivity contribution in [1.29, 1.82) is 0 Å². The first-order valence-electron chi connectivity index (χ1n) is 9.92. The molecule has 0 saturated carbocycles. The summed E-state index contributed by atoms with van der Waals surface area (Å²) in [7, 11) is 0. The highest BCUT2D eigenvalue weighted by Crippen LogP contribution is 2.20. The van der Waals surface area contributed by atoms with Gasteiger partial charge in [-0.15, -0.1) is 0 Å². The predicted molar refractivity (Wildman–Crippen MR) is 114 cm³/mol. The fourth-order valence-corrected chi connectivity index (χ4v) is 3.54. The maximum atomic E-state index is 13.2. The van der Waals surface area contributed by atoms with Gasteiger partial charge in [0.15, 0.2) is 0 Å². The van der Waals surface area contributed by atoms with Crippen molar-refractivity contribution in [3.63, 3.8) is 0 Å². The molecule has 0 radical (unpaired) electrons. The maximum Gasteiger partial charge on any atom is 0.255 e. The first-order valence-corrected chi connectivity index (χ1v) is 10.3. The van der Waals surface area contributed by atoms with Gasteiger partial charge in [0.2, 0.25) is 5.91 Å². The molecule has 2 aromatic rings. The number of hydrogen-bond acceptors (Lipinski definition) is 4. The van der Waals surface area contributed by atoms with Crippen LogP contribution < -0.4 is 10.1 Å². The van der Waals surface area contributed by atoms with Gasteiger partial charge in [-0.25, -0.2) is 4.39 Å². The van der Waals surface area contributed by atoms with Gasteiger partial charge in [0.05, 0.1) is 29.3 Å². The van der Waals surface area contributed by atoms with Gasteiger partial charge in [0.1, 0.15) is 11.6 Å². The fourth-order valence-electron chi connectivity index (χ4n) is 3.29. The van der Waals surface area contributed by atoms with Crippen LogP contribution in [-0.2, 0) is 4.79 Å². The lowest BCUT2D eigenvalue weighted by molar-refractivity contribution is -0.131. The average Bonchev–Trinajstić information content (AvgIpc) is 2.77. The van der Waals surface area contributed by atoms with E-state index < -0.39 is 11.7 Å². The fraction of sp³-hybridized carbons (Fsp3) is 0.318. The second-order valence-corrected chi connectivity index (χ2v) is 7.32. The number of carbonyl (C=O) groups excluding carboxylic acids is 3. The summed E-state index contributed by atoms with van der Waals surface area (Å²) in [6, 6.07) is 10.5. The monoisotopic (exact) mass is 447 g/mol. The number of piperazine rings is 1. The van der Waals surface area contributed by atoms with Gasteiger partial charge < -0.3 is 19.9 Å². The Morgan fingerprint density at radius 1 is 1.03 bits per heavy atom. The number of hydrogen-bond donors (Lipinski definition) is 1. The molecule has 0 atom stereocenters. The van der Waals surface area contributed by atoms with Crippen molar-refractivity contribution in [2.24, 2.45) is 0 Å². The summed E-state index contributed by atoms with van der Waals surface area (Å²) in [6.07, 6.45) is 0. The lowest BCUT2D eigenvalue weighted by atomic mass is 10.1. The zero-order valence-corrected chi connectivity index (χ0v) is 17.8. The number of para-hydroxylation sites is 1. The molecule has 1 aliphatic heterocycles. The van der Waals surface area contributed by atoms with Crippen LogP contribution in [0.2, 0.25) is 5.02 Å². The van der Waals surface area contributed by atoms with Crippen molar-refractivity contribution in [1.82, 2.24) is 15.1 Å². The Morgan fingerprint density at radius 2 is 1.71 bits per heavy atom. The third kappa shape index (κ3) is 5.52. The van der Waals surface area contributed by atoms with Gasteiger partial charge in [-0.05, 0) is 37.3 Å². The van der Waals surface area contributed by atoms with Gasteiger partial charge >= 0.3 is 0 Å². The Hall–Kier alpha value is -3.13. The summed E-state index contributed by atoms with van der Waals surface area (Å²) in [5, 5.41) is 2.68. The van der Waals surface area contributed by atoms with Crippen LogP contribution in [0.5, 0.6) is 5.75 Å². The number of halogens is 2. The molecule has 0 aliphatic carbocycles.